The maximum atomic E-state index is 13.0. The van der Waals surface area contributed by atoms with E-state index in [1.807, 2.05) is 79.4 Å². The van der Waals surface area contributed by atoms with Gasteiger partial charge in [-0.1, -0.05) is 114 Å². The molecule has 1 atom stereocenters. The Labute approximate surface area is 262 Å². The maximum Gasteiger partial charge on any atom is 0.190 e. The van der Waals surface area contributed by atoms with Gasteiger partial charge in [0.25, 0.3) is 0 Å². The smallest absolute Gasteiger partial charge is 0.190 e. The van der Waals surface area contributed by atoms with Crippen LogP contribution in [-0.2, 0) is 17.6 Å². The molecule has 0 aliphatic heterocycles. The molecule has 0 saturated carbocycles. The zero-order valence-corrected chi connectivity index (χ0v) is 26.0. The lowest BCUT2D eigenvalue weighted by Crippen LogP contribution is -2.46. The SMILES string of the molecule is Cc1ccc(Cc2ccccc2)cc1.[C-]#[N+]c1ccc(CC(=O)[C@@](C)(O)CN(c2ccccc2)c2ccc(C)cc2)cc1C. The minimum atomic E-state index is -1.55. The van der Waals surface area contributed by atoms with Crippen molar-refractivity contribution in [2.75, 3.05) is 11.4 Å². The highest BCUT2D eigenvalue weighted by Crippen LogP contribution is 2.29. The van der Waals surface area contributed by atoms with Crippen LogP contribution < -0.4 is 4.90 Å². The quantitative estimate of drug-likeness (QED) is 0.177. The molecule has 0 amide bonds. The number of carbonyl (C=O) groups is 1. The fraction of sp³-hybridized carbons (Fsp3) is 0.200. The second-order valence-corrected chi connectivity index (χ2v) is 11.5. The molecule has 5 aromatic carbocycles. The van der Waals surface area contributed by atoms with Gasteiger partial charge in [0, 0.05) is 17.8 Å². The highest BCUT2D eigenvalue weighted by molar-refractivity contribution is 5.90. The molecule has 4 nitrogen and oxygen atoms in total. The van der Waals surface area contributed by atoms with E-state index in [9.17, 15) is 9.90 Å². The zero-order chi connectivity index (χ0) is 31.5. The van der Waals surface area contributed by atoms with Crippen molar-refractivity contribution in [3.8, 4) is 0 Å². The third-order valence-corrected chi connectivity index (χ3v) is 7.60. The summed E-state index contributed by atoms with van der Waals surface area (Å²) in [5.41, 5.74) is 7.70. The number of hydrogen-bond acceptors (Lipinski definition) is 3. The molecule has 0 aromatic heterocycles. The standard InChI is InChI=1S/C26H26N2O2.C14H14/c1-19-10-13-23(14-11-19)28(22-8-6-5-7-9-22)18-26(3,30)25(29)17-21-12-15-24(27-4)20(2)16-21;1-12-7-9-14(10-8-12)11-13-5-3-2-4-6-13/h5-16,30H,17-18H2,1-3H3;2-10H,11H2,1H3/t26-;/m0./s1. The fourth-order valence-electron chi connectivity index (χ4n) is 4.93. The zero-order valence-electron chi connectivity index (χ0n) is 26.0. The van der Waals surface area contributed by atoms with Gasteiger partial charge in [-0.3, -0.25) is 4.79 Å². The average molecular weight is 581 g/mol. The maximum absolute atomic E-state index is 13.0. The van der Waals surface area contributed by atoms with Crippen molar-refractivity contribution in [1.82, 2.24) is 0 Å². The molecule has 0 aliphatic rings. The first-order valence-corrected chi connectivity index (χ1v) is 14.9. The van der Waals surface area contributed by atoms with Crippen LogP contribution in [0.5, 0.6) is 0 Å². The summed E-state index contributed by atoms with van der Waals surface area (Å²) in [6, 6.07) is 42.4. The largest absolute Gasteiger partial charge is 0.380 e. The second-order valence-electron chi connectivity index (χ2n) is 11.5. The molecular weight excluding hydrogens is 540 g/mol. The Morgan fingerprint density at radius 1 is 0.705 bits per heavy atom. The predicted octanol–water partition coefficient (Wildman–Crippen LogP) is 9.14. The van der Waals surface area contributed by atoms with E-state index in [-0.39, 0.29) is 18.7 Å². The van der Waals surface area contributed by atoms with Crippen LogP contribution in [0.1, 0.15) is 40.3 Å². The Kier molecular flexibility index (Phi) is 10.9. The van der Waals surface area contributed by atoms with Crippen LogP contribution in [0.4, 0.5) is 17.1 Å². The van der Waals surface area contributed by atoms with Crippen molar-refractivity contribution in [2.24, 2.45) is 0 Å². The molecule has 0 fully saturated rings. The van der Waals surface area contributed by atoms with Gasteiger partial charge < -0.3 is 10.0 Å². The summed E-state index contributed by atoms with van der Waals surface area (Å²) in [5, 5.41) is 11.1. The Hall–Kier alpha value is -4.98. The number of rotatable bonds is 9. The van der Waals surface area contributed by atoms with Gasteiger partial charge in [-0.2, -0.15) is 0 Å². The van der Waals surface area contributed by atoms with Gasteiger partial charge in [0.15, 0.2) is 11.5 Å². The normalized spacial score (nSPS) is 11.8. The Morgan fingerprint density at radius 3 is 1.77 bits per heavy atom. The van der Waals surface area contributed by atoms with Crippen LogP contribution in [0.15, 0.2) is 127 Å². The molecule has 4 heteroatoms. The summed E-state index contributed by atoms with van der Waals surface area (Å²) < 4.78 is 0. The Bertz CT molecular complexity index is 1690. The number of aliphatic hydroxyl groups is 1. The molecule has 0 unspecified atom stereocenters. The highest BCUT2D eigenvalue weighted by atomic mass is 16.3. The number of carbonyl (C=O) groups excluding carboxylic acids is 1. The minimum absolute atomic E-state index is 0.114. The Morgan fingerprint density at radius 2 is 1.20 bits per heavy atom. The predicted molar refractivity (Wildman–Crippen MR) is 182 cm³/mol. The summed E-state index contributed by atoms with van der Waals surface area (Å²) in [6.07, 6.45) is 1.14. The summed E-state index contributed by atoms with van der Waals surface area (Å²) in [5.74, 6) is -0.259. The van der Waals surface area contributed by atoms with Gasteiger partial charge >= 0.3 is 0 Å². The number of hydrogen-bond donors (Lipinski definition) is 1. The monoisotopic (exact) mass is 580 g/mol. The molecule has 0 aliphatic carbocycles. The summed E-state index contributed by atoms with van der Waals surface area (Å²) in [4.78, 5) is 18.4. The summed E-state index contributed by atoms with van der Waals surface area (Å²) in [6.45, 7) is 14.9. The molecule has 5 aromatic rings. The van der Waals surface area contributed by atoms with E-state index >= 15 is 0 Å². The molecule has 0 heterocycles. The number of ketones is 1. The first-order chi connectivity index (χ1) is 21.1. The van der Waals surface area contributed by atoms with Crippen LogP contribution in [0.3, 0.4) is 0 Å². The summed E-state index contributed by atoms with van der Waals surface area (Å²) >= 11 is 0. The number of nitrogens with zero attached hydrogens (tertiary/aromatic N) is 2. The van der Waals surface area contributed by atoms with E-state index < -0.39 is 5.60 Å². The van der Waals surface area contributed by atoms with E-state index in [0.29, 0.717) is 5.69 Å². The first-order valence-electron chi connectivity index (χ1n) is 14.9. The van der Waals surface area contributed by atoms with Gasteiger partial charge in [-0.25, -0.2) is 4.85 Å². The molecule has 0 bridgehead atoms. The van der Waals surface area contributed by atoms with Gasteiger partial charge in [0.1, 0.15) is 5.60 Å². The fourth-order valence-corrected chi connectivity index (χ4v) is 4.93. The van der Waals surface area contributed by atoms with Crippen LogP contribution >= 0.6 is 0 Å². The van der Waals surface area contributed by atoms with Gasteiger partial charge in [0.2, 0.25) is 0 Å². The lowest BCUT2D eigenvalue weighted by Gasteiger charge is -2.32. The van der Waals surface area contributed by atoms with E-state index in [2.05, 4.69) is 66.4 Å². The number of aryl methyl sites for hydroxylation is 3. The highest BCUT2D eigenvalue weighted by Gasteiger charge is 2.33. The van der Waals surface area contributed by atoms with Gasteiger partial charge in [-0.05, 0) is 80.6 Å². The van der Waals surface area contributed by atoms with Crippen LogP contribution in [-0.4, -0.2) is 23.0 Å². The van der Waals surface area contributed by atoms with Gasteiger partial charge in [0.05, 0.1) is 13.1 Å². The van der Waals surface area contributed by atoms with Crippen molar-refractivity contribution in [3.05, 3.63) is 172 Å². The molecule has 0 spiro atoms. The third kappa shape index (κ3) is 9.01. The lowest BCUT2D eigenvalue weighted by molar-refractivity contribution is -0.134. The number of para-hydroxylation sites is 1. The average Bonchev–Trinajstić information content (AvgIpc) is 3.03. The number of benzene rings is 5. The van der Waals surface area contributed by atoms with Crippen molar-refractivity contribution >= 4 is 22.8 Å². The molecule has 5 rings (SSSR count). The summed E-state index contributed by atoms with van der Waals surface area (Å²) in [7, 11) is 0. The molecule has 0 radical (unpaired) electrons. The third-order valence-electron chi connectivity index (χ3n) is 7.60. The number of anilines is 2. The minimum Gasteiger partial charge on any atom is -0.380 e. The van der Waals surface area contributed by atoms with Crippen molar-refractivity contribution in [2.45, 2.75) is 46.1 Å². The molecule has 1 N–H and O–H groups in total. The van der Waals surface area contributed by atoms with Crippen molar-refractivity contribution in [3.63, 3.8) is 0 Å². The van der Waals surface area contributed by atoms with E-state index in [0.717, 1.165) is 34.5 Å². The van der Waals surface area contributed by atoms with Crippen LogP contribution in [0.25, 0.3) is 4.85 Å². The molecule has 44 heavy (non-hydrogen) atoms. The van der Waals surface area contributed by atoms with E-state index in [1.165, 1.54) is 16.7 Å². The Balaban J connectivity index is 0.000000262. The van der Waals surface area contributed by atoms with Crippen LogP contribution in [0, 0.1) is 27.3 Å². The molecular formula is C40H40N2O2. The lowest BCUT2D eigenvalue weighted by atomic mass is 9.93. The van der Waals surface area contributed by atoms with Crippen LogP contribution in [0.2, 0.25) is 0 Å². The topological polar surface area (TPSA) is 44.9 Å². The van der Waals surface area contributed by atoms with E-state index in [1.54, 1.807) is 19.1 Å². The second kappa shape index (κ2) is 15.0. The van der Waals surface area contributed by atoms with Crippen molar-refractivity contribution < 1.29 is 9.90 Å². The number of Topliss-reactive ketones (excluding diaryl/α,β-unsaturated/α-hetero) is 1. The van der Waals surface area contributed by atoms with Gasteiger partial charge in [-0.15, -0.1) is 0 Å². The molecule has 0 saturated heterocycles. The molecule has 222 valence electrons. The van der Waals surface area contributed by atoms with Crippen molar-refractivity contribution in [1.29, 1.82) is 0 Å². The first kappa shape index (κ1) is 31.9. The van der Waals surface area contributed by atoms with E-state index in [4.69, 9.17) is 6.57 Å².